The van der Waals surface area contributed by atoms with Crippen LogP contribution in [0.5, 0.6) is 0 Å². The van der Waals surface area contributed by atoms with E-state index in [1.54, 1.807) is 11.4 Å². The summed E-state index contributed by atoms with van der Waals surface area (Å²) in [7, 11) is -3.72. The Morgan fingerprint density at radius 2 is 2.00 bits per heavy atom. The molecule has 1 saturated heterocycles. The Kier molecular flexibility index (Phi) is 6.43. The quantitative estimate of drug-likeness (QED) is 0.719. The number of rotatable bonds is 6. The molecule has 150 valence electrons. The predicted octanol–water partition coefficient (Wildman–Crippen LogP) is 2.18. The molecule has 1 fully saturated rings. The third kappa shape index (κ3) is 4.75. The lowest BCUT2D eigenvalue weighted by Crippen LogP contribution is -2.48. The lowest BCUT2D eigenvalue weighted by molar-refractivity contribution is -0.135. The number of aryl methyl sites for hydroxylation is 2. The maximum atomic E-state index is 12.7. The van der Waals surface area contributed by atoms with Crippen LogP contribution in [0.2, 0.25) is 0 Å². The second-order valence-electron chi connectivity index (χ2n) is 6.42. The molecule has 1 atom stereocenters. The fourth-order valence-electron chi connectivity index (χ4n) is 2.70. The van der Waals surface area contributed by atoms with Gasteiger partial charge < -0.3 is 10.2 Å². The molecule has 1 aromatic carbocycles. The zero-order valence-electron chi connectivity index (χ0n) is 15.5. The van der Waals surface area contributed by atoms with Crippen molar-refractivity contribution in [1.82, 2.24) is 9.62 Å². The van der Waals surface area contributed by atoms with Gasteiger partial charge in [0, 0.05) is 11.4 Å². The van der Waals surface area contributed by atoms with Gasteiger partial charge in [0.2, 0.25) is 11.8 Å². The normalized spacial score (nSPS) is 16.9. The monoisotopic (exact) mass is 439 g/mol. The molecule has 7 nitrogen and oxygen atoms in total. The Labute approximate surface area is 172 Å². The van der Waals surface area contributed by atoms with E-state index in [-0.39, 0.29) is 16.7 Å². The van der Waals surface area contributed by atoms with Gasteiger partial charge in [-0.05, 0) is 48.6 Å². The van der Waals surface area contributed by atoms with Crippen LogP contribution in [-0.2, 0) is 19.6 Å². The highest BCUT2D eigenvalue weighted by molar-refractivity contribution is 7.99. The number of carbonyl (C=O) groups excluding carboxylic acids is 2. The summed E-state index contributed by atoms with van der Waals surface area (Å²) >= 11 is 2.54. The fraction of sp³-hybridized carbons (Fsp3) is 0.333. The Morgan fingerprint density at radius 3 is 2.68 bits per heavy atom. The summed E-state index contributed by atoms with van der Waals surface area (Å²) < 4.78 is 26.8. The molecule has 0 radical (unpaired) electrons. The standard InChI is InChI=1S/C18H21N3O4S3/c1-12-5-6-14(8-13(12)2)20-18(23)15-10-26-11-21(15)16(22)9-19-28(24,25)17-4-3-7-27-17/h3-8,15,19H,9-11H2,1-2H3,(H,20,23). The molecule has 1 aromatic heterocycles. The molecule has 10 heteroatoms. The number of carbonyl (C=O) groups is 2. The van der Waals surface area contributed by atoms with Crippen LogP contribution in [0.3, 0.4) is 0 Å². The van der Waals surface area contributed by atoms with Crippen molar-refractivity contribution in [3.8, 4) is 0 Å². The molecule has 3 rings (SSSR count). The largest absolute Gasteiger partial charge is 0.324 e. The molecule has 0 bridgehead atoms. The van der Waals surface area contributed by atoms with Crippen molar-refractivity contribution < 1.29 is 18.0 Å². The third-order valence-corrected chi connectivity index (χ3v) is 8.26. The van der Waals surface area contributed by atoms with Crippen molar-refractivity contribution >= 4 is 50.6 Å². The number of benzene rings is 1. The number of nitrogens with one attached hydrogen (secondary N) is 2. The van der Waals surface area contributed by atoms with Crippen molar-refractivity contribution in [2.24, 2.45) is 0 Å². The van der Waals surface area contributed by atoms with E-state index in [0.29, 0.717) is 17.3 Å². The first-order chi connectivity index (χ1) is 13.3. The van der Waals surface area contributed by atoms with E-state index in [0.717, 1.165) is 22.5 Å². The number of hydrogen-bond donors (Lipinski definition) is 2. The molecule has 2 N–H and O–H groups in total. The van der Waals surface area contributed by atoms with Crippen LogP contribution in [0.1, 0.15) is 11.1 Å². The topological polar surface area (TPSA) is 95.6 Å². The van der Waals surface area contributed by atoms with Gasteiger partial charge >= 0.3 is 0 Å². The third-order valence-electron chi connectivity index (χ3n) is 4.45. The van der Waals surface area contributed by atoms with Crippen molar-refractivity contribution in [2.75, 3.05) is 23.5 Å². The van der Waals surface area contributed by atoms with Gasteiger partial charge in [-0.25, -0.2) is 13.1 Å². The van der Waals surface area contributed by atoms with E-state index in [9.17, 15) is 18.0 Å². The van der Waals surface area contributed by atoms with Crippen LogP contribution < -0.4 is 10.0 Å². The molecule has 0 spiro atoms. The molecular weight excluding hydrogens is 418 g/mol. The first-order valence-electron chi connectivity index (χ1n) is 8.56. The van der Waals surface area contributed by atoms with E-state index < -0.39 is 22.0 Å². The summed E-state index contributed by atoms with van der Waals surface area (Å²) in [5, 5.41) is 4.50. The van der Waals surface area contributed by atoms with Crippen LogP contribution in [0.25, 0.3) is 0 Å². The molecular formula is C18H21N3O4S3. The summed E-state index contributed by atoms with van der Waals surface area (Å²) in [5.41, 5.74) is 2.87. The van der Waals surface area contributed by atoms with E-state index in [4.69, 9.17) is 0 Å². The summed E-state index contributed by atoms with van der Waals surface area (Å²) in [4.78, 5) is 26.6. The fourth-order valence-corrected chi connectivity index (χ4v) is 5.89. The molecule has 0 aliphatic carbocycles. The first-order valence-corrected chi connectivity index (χ1v) is 12.1. The van der Waals surface area contributed by atoms with E-state index >= 15 is 0 Å². The smallest absolute Gasteiger partial charge is 0.250 e. The second kappa shape index (κ2) is 8.64. The lowest BCUT2D eigenvalue weighted by atomic mass is 10.1. The molecule has 1 aliphatic rings. The Bertz CT molecular complexity index is 974. The van der Waals surface area contributed by atoms with Crippen molar-refractivity contribution in [3.05, 3.63) is 46.8 Å². The van der Waals surface area contributed by atoms with E-state index in [1.165, 1.54) is 22.7 Å². The minimum absolute atomic E-state index is 0.153. The zero-order valence-corrected chi connectivity index (χ0v) is 17.9. The van der Waals surface area contributed by atoms with Gasteiger partial charge in [0.1, 0.15) is 10.3 Å². The van der Waals surface area contributed by atoms with Gasteiger partial charge in [0.05, 0.1) is 12.4 Å². The number of anilines is 1. The first kappa shape index (κ1) is 20.8. The number of amides is 2. The Morgan fingerprint density at radius 1 is 1.21 bits per heavy atom. The van der Waals surface area contributed by atoms with Crippen molar-refractivity contribution in [2.45, 2.75) is 24.1 Å². The minimum Gasteiger partial charge on any atom is -0.324 e. The van der Waals surface area contributed by atoms with E-state index in [2.05, 4.69) is 10.0 Å². The molecule has 2 aromatic rings. The van der Waals surface area contributed by atoms with Gasteiger partial charge in [-0.1, -0.05) is 12.1 Å². The average molecular weight is 440 g/mol. The van der Waals surface area contributed by atoms with Gasteiger partial charge in [-0.3, -0.25) is 9.59 Å². The highest BCUT2D eigenvalue weighted by Gasteiger charge is 2.35. The highest BCUT2D eigenvalue weighted by atomic mass is 32.2. The van der Waals surface area contributed by atoms with Crippen LogP contribution in [0.15, 0.2) is 39.9 Å². The zero-order chi connectivity index (χ0) is 20.3. The summed E-state index contributed by atoms with van der Waals surface area (Å²) in [5.74, 6) is 0.123. The Balaban J connectivity index is 1.62. The average Bonchev–Trinajstić information content (AvgIpc) is 3.35. The predicted molar refractivity (Wildman–Crippen MR) is 112 cm³/mol. The van der Waals surface area contributed by atoms with Crippen LogP contribution in [0.4, 0.5) is 5.69 Å². The SMILES string of the molecule is Cc1ccc(NC(=O)C2CSCN2C(=O)CNS(=O)(=O)c2cccs2)cc1C. The van der Waals surface area contributed by atoms with Gasteiger partial charge in [0.15, 0.2) is 0 Å². The molecule has 0 saturated carbocycles. The molecule has 28 heavy (non-hydrogen) atoms. The summed E-state index contributed by atoms with van der Waals surface area (Å²) in [6, 6.07) is 8.11. The van der Waals surface area contributed by atoms with E-state index in [1.807, 2.05) is 32.0 Å². The van der Waals surface area contributed by atoms with Gasteiger partial charge in [0.25, 0.3) is 10.0 Å². The van der Waals surface area contributed by atoms with Crippen LogP contribution in [0, 0.1) is 13.8 Å². The van der Waals surface area contributed by atoms with Crippen LogP contribution in [-0.4, -0.2) is 49.3 Å². The highest BCUT2D eigenvalue weighted by Crippen LogP contribution is 2.23. The number of thiophene rings is 1. The summed E-state index contributed by atoms with van der Waals surface area (Å²) in [6.45, 7) is 3.58. The lowest BCUT2D eigenvalue weighted by Gasteiger charge is -2.23. The number of thioether (sulfide) groups is 1. The minimum atomic E-state index is -3.72. The molecule has 2 heterocycles. The van der Waals surface area contributed by atoms with Gasteiger partial charge in [-0.15, -0.1) is 23.1 Å². The van der Waals surface area contributed by atoms with Gasteiger partial charge in [-0.2, -0.15) is 0 Å². The second-order valence-corrected chi connectivity index (χ2v) is 10.4. The molecule has 1 aliphatic heterocycles. The van der Waals surface area contributed by atoms with Crippen LogP contribution >= 0.6 is 23.1 Å². The maximum absolute atomic E-state index is 12.7. The number of sulfonamides is 1. The molecule has 1 unspecified atom stereocenters. The Hall–Kier alpha value is -1.88. The van der Waals surface area contributed by atoms with Crippen molar-refractivity contribution in [3.63, 3.8) is 0 Å². The number of nitrogens with zero attached hydrogens (tertiary/aromatic N) is 1. The maximum Gasteiger partial charge on any atom is 0.250 e. The molecule has 2 amide bonds. The number of hydrogen-bond acceptors (Lipinski definition) is 6. The summed E-state index contributed by atoms with van der Waals surface area (Å²) in [6.07, 6.45) is 0. The van der Waals surface area contributed by atoms with Crippen molar-refractivity contribution in [1.29, 1.82) is 0 Å².